The van der Waals surface area contributed by atoms with Gasteiger partial charge in [-0.15, -0.1) is 0 Å². The molecule has 20 heavy (non-hydrogen) atoms. The highest BCUT2D eigenvalue weighted by Gasteiger charge is 2.14. The number of benzene rings is 1. The second-order valence-corrected chi connectivity index (χ2v) is 5.56. The third-order valence-corrected chi connectivity index (χ3v) is 2.98. The van der Waals surface area contributed by atoms with Crippen LogP contribution in [0.5, 0.6) is 5.75 Å². The molecule has 0 fully saturated rings. The Morgan fingerprint density at radius 2 is 1.85 bits per heavy atom. The first-order valence-corrected chi connectivity index (χ1v) is 6.54. The molecule has 1 aromatic carbocycles. The summed E-state index contributed by atoms with van der Waals surface area (Å²) in [4.78, 5) is 11.7. The van der Waals surface area contributed by atoms with Gasteiger partial charge in [-0.25, -0.2) is 5.43 Å². The van der Waals surface area contributed by atoms with E-state index >= 15 is 0 Å². The van der Waals surface area contributed by atoms with Crippen molar-refractivity contribution >= 4 is 17.3 Å². The van der Waals surface area contributed by atoms with Crippen molar-refractivity contribution in [2.24, 2.45) is 10.5 Å². The zero-order valence-electron chi connectivity index (χ0n) is 12.8. The number of hydrogen-bond acceptors (Lipinski definition) is 4. The van der Waals surface area contributed by atoms with Crippen molar-refractivity contribution in [3.05, 3.63) is 24.3 Å². The number of hydrazone groups is 1. The highest BCUT2D eigenvalue weighted by Crippen LogP contribution is 2.15. The topological polar surface area (TPSA) is 62.7 Å². The van der Waals surface area contributed by atoms with Gasteiger partial charge in [0, 0.05) is 16.8 Å². The molecule has 110 valence electrons. The first kappa shape index (κ1) is 16.0. The van der Waals surface area contributed by atoms with Gasteiger partial charge in [-0.2, -0.15) is 5.10 Å². The summed E-state index contributed by atoms with van der Waals surface area (Å²) in [5, 5.41) is 7.11. The fourth-order valence-corrected chi connectivity index (χ4v) is 1.24. The Labute approximate surface area is 120 Å². The van der Waals surface area contributed by atoms with Crippen molar-refractivity contribution < 1.29 is 9.53 Å². The van der Waals surface area contributed by atoms with E-state index < -0.39 is 0 Å². The van der Waals surface area contributed by atoms with Gasteiger partial charge in [-0.3, -0.25) is 4.79 Å². The number of rotatable bonds is 5. The van der Waals surface area contributed by atoms with Gasteiger partial charge in [0.25, 0.3) is 5.91 Å². The molecule has 0 aliphatic heterocycles. The molecule has 1 aromatic rings. The summed E-state index contributed by atoms with van der Waals surface area (Å²) in [5.41, 5.74) is 4.24. The van der Waals surface area contributed by atoms with Gasteiger partial charge in [0.2, 0.25) is 0 Å². The van der Waals surface area contributed by atoms with Gasteiger partial charge in [0.15, 0.2) is 0 Å². The molecular formula is C15H23N3O2. The molecule has 2 N–H and O–H groups in total. The standard InChI is InChI=1S/C15H23N3O2/c1-11(15(2,3)4)17-18-14(19)10-16-12-6-8-13(20-5)9-7-12/h6-9,16H,10H2,1-5H3,(H,18,19). The predicted octanol–water partition coefficient (Wildman–Crippen LogP) is 2.65. The van der Waals surface area contributed by atoms with Crippen LogP contribution < -0.4 is 15.5 Å². The number of amides is 1. The van der Waals surface area contributed by atoms with Crippen LogP contribution in [-0.2, 0) is 4.79 Å². The number of anilines is 1. The Kier molecular flexibility index (Phi) is 5.55. The summed E-state index contributed by atoms with van der Waals surface area (Å²) in [5.74, 6) is 0.606. The molecule has 0 unspecified atom stereocenters. The van der Waals surface area contributed by atoms with Gasteiger partial charge in [0.05, 0.1) is 13.7 Å². The summed E-state index contributed by atoms with van der Waals surface area (Å²) < 4.78 is 5.07. The van der Waals surface area contributed by atoms with Crippen molar-refractivity contribution in [2.45, 2.75) is 27.7 Å². The number of methoxy groups -OCH3 is 1. The first-order chi connectivity index (χ1) is 9.32. The van der Waals surface area contributed by atoms with Gasteiger partial charge in [-0.05, 0) is 31.2 Å². The second-order valence-electron chi connectivity index (χ2n) is 5.56. The van der Waals surface area contributed by atoms with E-state index in [0.717, 1.165) is 17.1 Å². The Bertz CT molecular complexity index is 473. The van der Waals surface area contributed by atoms with Crippen molar-refractivity contribution in [2.75, 3.05) is 19.0 Å². The molecule has 0 atom stereocenters. The lowest BCUT2D eigenvalue weighted by molar-refractivity contribution is -0.119. The molecule has 1 amide bonds. The average Bonchev–Trinajstić information content (AvgIpc) is 2.41. The van der Waals surface area contributed by atoms with Crippen LogP contribution in [0.4, 0.5) is 5.69 Å². The SMILES string of the molecule is COc1ccc(NCC(=O)NN=C(C)C(C)(C)C)cc1. The van der Waals surface area contributed by atoms with E-state index in [9.17, 15) is 4.79 Å². The molecular weight excluding hydrogens is 254 g/mol. The van der Waals surface area contributed by atoms with E-state index in [1.165, 1.54) is 0 Å². The second kappa shape index (κ2) is 6.93. The van der Waals surface area contributed by atoms with Crippen LogP contribution in [-0.4, -0.2) is 25.3 Å². The zero-order valence-corrected chi connectivity index (χ0v) is 12.8. The molecule has 5 heteroatoms. The third-order valence-electron chi connectivity index (χ3n) is 2.98. The van der Waals surface area contributed by atoms with Crippen LogP contribution in [0.2, 0.25) is 0 Å². The highest BCUT2D eigenvalue weighted by atomic mass is 16.5. The minimum absolute atomic E-state index is 0.0449. The Balaban J connectivity index is 2.43. The number of nitrogens with zero attached hydrogens (tertiary/aromatic N) is 1. The summed E-state index contributed by atoms with van der Waals surface area (Å²) in [6.07, 6.45) is 0. The lowest BCUT2D eigenvalue weighted by Crippen LogP contribution is -2.29. The first-order valence-electron chi connectivity index (χ1n) is 6.54. The fourth-order valence-electron chi connectivity index (χ4n) is 1.24. The van der Waals surface area contributed by atoms with Crippen LogP contribution in [0, 0.1) is 5.41 Å². The molecule has 0 saturated carbocycles. The normalized spacial score (nSPS) is 11.9. The number of ether oxygens (including phenoxy) is 1. The Hall–Kier alpha value is -2.04. The monoisotopic (exact) mass is 277 g/mol. The largest absolute Gasteiger partial charge is 0.497 e. The molecule has 0 aliphatic carbocycles. The van der Waals surface area contributed by atoms with Gasteiger partial charge >= 0.3 is 0 Å². The molecule has 0 bridgehead atoms. The van der Waals surface area contributed by atoms with Gasteiger partial charge in [0.1, 0.15) is 5.75 Å². The van der Waals surface area contributed by atoms with Crippen molar-refractivity contribution in [1.82, 2.24) is 5.43 Å². The van der Waals surface area contributed by atoms with Crippen LogP contribution in [0.1, 0.15) is 27.7 Å². The molecule has 5 nitrogen and oxygen atoms in total. The molecule has 0 radical (unpaired) electrons. The van der Waals surface area contributed by atoms with E-state index in [4.69, 9.17) is 4.74 Å². The fraction of sp³-hybridized carbons (Fsp3) is 0.467. The highest BCUT2D eigenvalue weighted by molar-refractivity contribution is 5.89. The van der Waals surface area contributed by atoms with Crippen molar-refractivity contribution in [3.63, 3.8) is 0 Å². The Morgan fingerprint density at radius 1 is 1.25 bits per heavy atom. The summed E-state index contributed by atoms with van der Waals surface area (Å²) in [6.45, 7) is 8.22. The molecule has 0 spiro atoms. The maximum Gasteiger partial charge on any atom is 0.259 e. The van der Waals surface area contributed by atoms with Crippen LogP contribution >= 0.6 is 0 Å². The van der Waals surface area contributed by atoms with E-state index in [-0.39, 0.29) is 17.9 Å². The molecule has 0 heterocycles. The summed E-state index contributed by atoms with van der Waals surface area (Å²) in [6, 6.07) is 7.38. The molecule has 1 rings (SSSR count). The maximum absolute atomic E-state index is 11.7. The Morgan fingerprint density at radius 3 is 2.35 bits per heavy atom. The zero-order chi connectivity index (χ0) is 15.2. The number of hydrogen-bond donors (Lipinski definition) is 2. The van der Waals surface area contributed by atoms with E-state index in [1.54, 1.807) is 7.11 Å². The van der Waals surface area contributed by atoms with Crippen LogP contribution in [0.3, 0.4) is 0 Å². The molecule has 0 aromatic heterocycles. The maximum atomic E-state index is 11.7. The molecule has 0 aliphatic rings. The van der Waals surface area contributed by atoms with E-state index in [1.807, 2.05) is 52.0 Å². The summed E-state index contributed by atoms with van der Waals surface area (Å²) in [7, 11) is 1.62. The number of carbonyl (C=O) groups is 1. The minimum Gasteiger partial charge on any atom is -0.497 e. The minimum atomic E-state index is -0.176. The number of nitrogens with one attached hydrogen (secondary N) is 2. The van der Waals surface area contributed by atoms with Gasteiger partial charge < -0.3 is 10.1 Å². The van der Waals surface area contributed by atoms with Crippen LogP contribution in [0.25, 0.3) is 0 Å². The lowest BCUT2D eigenvalue weighted by Gasteiger charge is -2.17. The number of carbonyl (C=O) groups excluding carboxylic acids is 1. The predicted molar refractivity (Wildman–Crippen MR) is 82.2 cm³/mol. The van der Waals surface area contributed by atoms with Crippen molar-refractivity contribution in [1.29, 1.82) is 0 Å². The smallest absolute Gasteiger partial charge is 0.259 e. The lowest BCUT2D eigenvalue weighted by atomic mass is 9.91. The quantitative estimate of drug-likeness (QED) is 0.642. The third kappa shape index (κ3) is 5.30. The van der Waals surface area contributed by atoms with Crippen LogP contribution in [0.15, 0.2) is 29.4 Å². The van der Waals surface area contributed by atoms with E-state index in [2.05, 4.69) is 15.8 Å². The van der Waals surface area contributed by atoms with E-state index in [0.29, 0.717) is 0 Å². The van der Waals surface area contributed by atoms with Gasteiger partial charge in [-0.1, -0.05) is 20.8 Å². The average molecular weight is 277 g/mol. The van der Waals surface area contributed by atoms with Crippen molar-refractivity contribution in [3.8, 4) is 5.75 Å². The summed E-state index contributed by atoms with van der Waals surface area (Å²) >= 11 is 0. The molecule has 0 saturated heterocycles.